The van der Waals surface area contributed by atoms with Crippen molar-refractivity contribution < 1.29 is 18.0 Å². The number of rotatable bonds is 1. The topological polar surface area (TPSA) is 17.1 Å². The van der Waals surface area contributed by atoms with Crippen LogP contribution in [0.1, 0.15) is 44.1 Å². The summed E-state index contributed by atoms with van der Waals surface area (Å²) in [5.41, 5.74) is -1.37. The zero-order valence-corrected chi connectivity index (χ0v) is 9.35. The van der Waals surface area contributed by atoms with E-state index in [1.165, 1.54) is 12.1 Å². The predicted octanol–water partition coefficient (Wildman–Crippen LogP) is 4.57. The van der Waals surface area contributed by atoms with Crippen LogP contribution < -0.4 is 0 Å². The number of carbonyl (C=O) groups excluding carboxylic acids is 1. The van der Waals surface area contributed by atoms with Crippen LogP contribution in [0.4, 0.5) is 13.2 Å². The first-order valence-electron chi connectivity index (χ1n) is 4.84. The van der Waals surface area contributed by atoms with Gasteiger partial charge in [0.1, 0.15) is 0 Å². The molecule has 96 valence electrons. The minimum atomic E-state index is -4.41. The molecule has 0 saturated heterocycles. The van der Waals surface area contributed by atoms with Crippen LogP contribution in [0.3, 0.4) is 0 Å². The van der Waals surface area contributed by atoms with Crippen LogP contribution in [0.25, 0.3) is 0 Å². The van der Waals surface area contributed by atoms with Crippen molar-refractivity contribution in [2.45, 2.75) is 34.4 Å². The molecular weight excluding hydrogens is 229 g/mol. The number of carbonyl (C=O) groups is 1. The molecule has 1 nitrogen and oxygen atoms in total. The van der Waals surface area contributed by atoms with Gasteiger partial charge in [0.2, 0.25) is 0 Å². The van der Waals surface area contributed by atoms with Gasteiger partial charge in [0.25, 0.3) is 0 Å². The molecule has 0 saturated carbocycles. The third-order valence-electron chi connectivity index (χ3n) is 2.13. The van der Waals surface area contributed by atoms with Crippen LogP contribution in [-0.2, 0) is 6.18 Å². The number of hydrogen-bond acceptors (Lipinski definition) is 1. The van der Waals surface area contributed by atoms with E-state index in [1.807, 2.05) is 0 Å². The maximum atomic E-state index is 12.4. The van der Waals surface area contributed by atoms with Crippen molar-refractivity contribution in [1.29, 1.82) is 0 Å². The number of Topliss-reactive ketones (excluding diaryl/α,β-unsaturated/α-hetero) is 1. The Morgan fingerprint density at radius 3 is 2.06 bits per heavy atom. The molecular formula is C13H17F3O. The van der Waals surface area contributed by atoms with E-state index in [4.69, 9.17) is 0 Å². The summed E-state index contributed by atoms with van der Waals surface area (Å²) < 4.78 is 37.2. The standard InChI is InChI=1S/C12H13F3O.CH4/c1-11(2,3)10(16)8-5-4-6-9(7-8)12(13,14)15;/h4-7H,1-3H3;1H4. The van der Waals surface area contributed by atoms with Crippen LogP contribution in [0.2, 0.25) is 0 Å². The zero-order chi connectivity index (χ0) is 12.6. The van der Waals surface area contributed by atoms with Gasteiger partial charge in [-0.1, -0.05) is 40.3 Å². The van der Waals surface area contributed by atoms with Crippen molar-refractivity contribution >= 4 is 5.78 Å². The van der Waals surface area contributed by atoms with Crippen molar-refractivity contribution in [3.05, 3.63) is 35.4 Å². The molecule has 0 aromatic heterocycles. The Kier molecular flexibility index (Phi) is 4.52. The molecule has 0 aliphatic carbocycles. The van der Waals surface area contributed by atoms with Gasteiger partial charge in [-0.15, -0.1) is 0 Å². The fourth-order valence-corrected chi connectivity index (χ4v) is 1.27. The lowest BCUT2D eigenvalue weighted by Crippen LogP contribution is -2.20. The first-order chi connectivity index (χ1) is 7.12. The van der Waals surface area contributed by atoms with Gasteiger partial charge in [-0.2, -0.15) is 13.2 Å². The van der Waals surface area contributed by atoms with Crippen LogP contribution in [-0.4, -0.2) is 5.78 Å². The summed E-state index contributed by atoms with van der Waals surface area (Å²) in [4.78, 5) is 11.8. The fraction of sp³-hybridized carbons (Fsp3) is 0.462. The van der Waals surface area contributed by atoms with E-state index in [9.17, 15) is 18.0 Å². The zero-order valence-electron chi connectivity index (χ0n) is 9.35. The number of ketones is 1. The summed E-state index contributed by atoms with van der Waals surface area (Å²) in [6.45, 7) is 5.03. The second-order valence-electron chi connectivity index (χ2n) is 4.66. The summed E-state index contributed by atoms with van der Waals surface area (Å²) in [5.74, 6) is -0.293. The molecule has 17 heavy (non-hydrogen) atoms. The summed E-state index contributed by atoms with van der Waals surface area (Å²) in [6, 6.07) is 4.51. The largest absolute Gasteiger partial charge is 0.416 e. The van der Waals surface area contributed by atoms with Gasteiger partial charge in [0, 0.05) is 11.0 Å². The van der Waals surface area contributed by atoms with Crippen LogP contribution in [0.15, 0.2) is 24.3 Å². The average molecular weight is 246 g/mol. The maximum absolute atomic E-state index is 12.4. The van der Waals surface area contributed by atoms with Crippen LogP contribution in [0, 0.1) is 5.41 Å². The van der Waals surface area contributed by atoms with Gasteiger partial charge in [0.05, 0.1) is 5.56 Å². The highest BCUT2D eigenvalue weighted by Crippen LogP contribution is 2.31. The van der Waals surface area contributed by atoms with E-state index in [2.05, 4.69) is 0 Å². The minimum Gasteiger partial charge on any atom is -0.294 e. The smallest absolute Gasteiger partial charge is 0.294 e. The Balaban J connectivity index is 0.00000256. The molecule has 0 radical (unpaired) electrons. The van der Waals surface area contributed by atoms with Crippen molar-refractivity contribution in [2.24, 2.45) is 5.41 Å². The highest BCUT2D eigenvalue weighted by molar-refractivity contribution is 5.99. The molecule has 1 rings (SSSR count). The van der Waals surface area contributed by atoms with E-state index in [0.29, 0.717) is 0 Å². The quantitative estimate of drug-likeness (QED) is 0.663. The molecule has 0 spiro atoms. The molecule has 1 aromatic rings. The fourth-order valence-electron chi connectivity index (χ4n) is 1.27. The number of alkyl halides is 3. The van der Waals surface area contributed by atoms with Crippen molar-refractivity contribution in [3.63, 3.8) is 0 Å². The Morgan fingerprint density at radius 1 is 1.12 bits per heavy atom. The van der Waals surface area contributed by atoms with E-state index in [-0.39, 0.29) is 18.8 Å². The van der Waals surface area contributed by atoms with E-state index >= 15 is 0 Å². The Labute approximate surface area is 99.6 Å². The van der Waals surface area contributed by atoms with Gasteiger partial charge in [0.15, 0.2) is 5.78 Å². The molecule has 0 aliphatic heterocycles. The summed E-state index contributed by atoms with van der Waals surface area (Å²) >= 11 is 0. The number of halogens is 3. The number of hydrogen-bond donors (Lipinski definition) is 0. The molecule has 0 aliphatic rings. The molecule has 4 heteroatoms. The van der Waals surface area contributed by atoms with E-state index < -0.39 is 17.2 Å². The second-order valence-corrected chi connectivity index (χ2v) is 4.66. The van der Waals surface area contributed by atoms with E-state index in [0.717, 1.165) is 12.1 Å². The molecule has 0 bridgehead atoms. The van der Waals surface area contributed by atoms with Gasteiger partial charge in [-0.25, -0.2) is 0 Å². The lowest BCUT2D eigenvalue weighted by Gasteiger charge is -2.17. The lowest BCUT2D eigenvalue weighted by atomic mass is 9.86. The average Bonchev–Trinajstić information content (AvgIpc) is 2.14. The summed E-state index contributed by atoms with van der Waals surface area (Å²) in [6.07, 6.45) is -4.41. The Bertz CT molecular complexity index is 400. The second kappa shape index (κ2) is 4.90. The monoisotopic (exact) mass is 246 g/mol. The Morgan fingerprint density at radius 2 is 1.65 bits per heavy atom. The summed E-state index contributed by atoms with van der Waals surface area (Å²) in [5, 5.41) is 0. The molecule has 0 fully saturated rings. The van der Waals surface area contributed by atoms with Crippen LogP contribution >= 0.6 is 0 Å². The number of benzene rings is 1. The van der Waals surface area contributed by atoms with Crippen molar-refractivity contribution in [2.75, 3.05) is 0 Å². The molecule has 0 heterocycles. The predicted molar refractivity (Wildman–Crippen MR) is 62.0 cm³/mol. The van der Waals surface area contributed by atoms with Gasteiger partial charge in [-0.05, 0) is 12.1 Å². The van der Waals surface area contributed by atoms with Crippen molar-refractivity contribution in [3.8, 4) is 0 Å². The van der Waals surface area contributed by atoms with Crippen molar-refractivity contribution in [1.82, 2.24) is 0 Å². The maximum Gasteiger partial charge on any atom is 0.416 e. The third-order valence-corrected chi connectivity index (χ3v) is 2.13. The van der Waals surface area contributed by atoms with Crippen LogP contribution in [0.5, 0.6) is 0 Å². The Hall–Kier alpha value is -1.32. The van der Waals surface area contributed by atoms with Gasteiger partial charge in [-0.3, -0.25) is 4.79 Å². The lowest BCUT2D eigenvalue weighted by molar-refractivity contribution is -0.137. The third kappa shape index (κ3) is 3.88. The first kappa shape index (κ1) is 15.7. The molecule has 0 atom stereocenters. The van der Waals surface area contributed by atoms with E-state index in [1.54, 1.807) is 20.8 Å². The van der Waals surface area contributed by atoms with Gasteiger partial charge < -0.3 is 0 Å². The highest BCUT2D eigenvalue weighted by atomic mass is 19.4. The molecule has 1 aromatic carbocycles. The molecule has 0 N–H and O–H groups in total. The minimum absolute atomic E-state index is 0. The first-order valence-corrected chi connectivity index (χ1v) is 4.84. The summed E-state index contributed by atoms with van der Waals surface area (Å²) in [7, 11) is 0. The molecule has 0 unspecified atom stereocenters. The normalized spacial score (nSPS) is 11.9. The highest BCUT2D eigenvalue weighted by Gasteiger charge is 2.32. The molecule has 0 amide bonds. The van der Waals surface area contributed by atoms with Gasteiger partial charge >= 0.3 is 6.18 Å². The SMILES string of the molecule is C.CC(C)(C)C(=O)c1cccc(C(F)(F)F)c1.